The van der Waals surface area contributed by atoms with Gasteiger partial charge in [0, 0.05) is 0 Å². The first kappa shape index (κ1) is 10.7. The van der Waals surface area contributed by atoms with Crippen LogP contribution in [0.1, 0.15) is 35.2 Å². The van der Waals surface area contributed by atoms with Gasteiger partial charge in [-0.25, -0.2) is 0 Å². The average molecular weight is 205 g/mol. The van der Waals surface area contributed by atoms with E-state index in [4.69, 9.17) is 4.74 Å². The summed E-state index contributed by atoms with van der Waals surface area (Å²) >= 11 is 0. The summed E-state index contributed by atoms with van der Waals surface area (Å²) < 4.78 is 5.59. The summed E-state index contributed by atoms with van der Waals surface area (Å²) in [6.45, 7) is 9.07. The molecule has 82 valence electrons. The Kier molecular flexibility index (Phi) is 3.08. The van der Waals surface area contributed by atoms with Gasteiger partial charge in [0.15, 0.2) is 0 Å². The zero-order valence-corrected chi connectivity index (χ0v) is 9.76. The molecule has 1 aliphatic rings. The maximum absolute atomic E-state index is 5.59. The molecular weight excluding hydrogens is 186 g/mol. The Morgan fingerprint density at radius 2 is 2.20 bits per heavy atom. The number of nitrogens with one attached hydrogen (secondary N) is 1. The Morgan fingerprint density at radius 1 is 1.40 bits per heavy atom. The van der Waals surface area contributed by atoms with Crippen LogP contribution in [0.2, 0.25) is 0 Å². The van der Waals surface area contributed by atoms with Crippen LogP contribution in [0.4, 0.5) is 0 Å². The molecule has 0 radical (unpaired) electrons. The predicted molar refractivity (Wildman–Crippen MR) is 62.0 cm³/mol. The number of ether oxygens (including phenoxy) is 1. The van der Waals surface area contributed by atoms with E-state index in [9.17, 15) is 0 Å². The Bertz CT molecular complexity index is 360. The van der Waals surface area contributed by atoms with E-state index >= 15 is 0 Å². The first-order valence-electron chi connectivity index (χ1n) is 5.64. The number of aryl methyl sites for hydroxylation is 1. The van der Waals surface area contributed by atoms with Crippen molar-refractivity contribution >= 4 is 0 Å². The molecule has 0 spiro atoms. The molecule has 0 bridgehead atoms. The number of hydrogen-bond donors (Lipinski definition) is 1. The lowest BCUT2D eigenvalue weighted by Gasteiger charge is -2.28. The highest BCUT2D eigenvalue weighted by atomic mass is 16.5. The molecule has 15 heavy (non-hydrogen) atoms. The van der Waals surface area contributed by atoms with E-state index in [1.54, 1.807) is 0 Å². The molecular formula is C13H19NO. The van der Waals surface area contributed by atoms with Crippen molar-refractivity contribution in [2.24, 2.45) is 0 Å². The van der Waals surface area contributed by atoms with E-state index in [1.807, 2.05) is 0 Å². The van der Waals surface area contributed by atoms with Crippen LogP contribution in [0.15, 0.2) is 12.1 Å². The van der Waals surface area contributed by atoms with Gasteiger partial charge in [-0.2, -0.15) is 0 Å². The van der Waals surface area contributed by atoms with Crippen LogP contribution in [0, 0.1) is 13.8 Å². The molecule has 1 aromatic rings. The van der Waals surface area contributed by atoms with Gasteiger partial charge in [0.05, 0.1) is 19.3 Å². The molecule has 1 unspecified atom stereocenters. The molecule has 1 heterocycles. The monoisotopic (exact) mass is 205 g/mol. The van der Waals surface area contributed by atoms with Crippen LogP contribution in [0.3, 0.4) is 0 Å². The maximum Gasteiger partial charge on any atom is 0.0721 e. The normalized spacial score (nSPS) is 20.1. The van der Waals surface area contributed by atoms with Crippen molar-refractivity contribution in [1.29, 1.82) is 0 Å². The van der Waals surface area contributed by atoms with Crippen LogP contribution in [-0.2, 0) is 11.3 Å². The highest BCUT2D eigenvalue weighted by molar-refractivity contribution is 5.42. The van der Waals surface area contributed by atoms with Gasteiger partial charge >= 0.3 is 0 Å². The molecule has 0 fully saturated rings. The molecule has 2 heteroatoms. The summed E-state index contributed by atoms with van der Waals surface area (Å²) in [5.41, 5.74) is 5.60. The Labute approximate surface area is 91.6 Å². The third kappa shape index (κ3) is 1.92. The van der Waals surface area contributed by atoms with Crippen molar-refractivity contribution in [2.45, 2.75) is 33.4 Å². The maximum atomic E-state index is 5.59. The first-order valence-corrected chi connectivity index (χ1v) is 5.64. The van der Waals surface area contributed by atoms with Gasteiger partial charge in [-0.05, 0) is 42.6 Å². The Morgan fingerprint density at radius 3 is 2.93 bits per heavy atom. The minimum absolute atomic E-state index is 0.374. The van der Waals surface area contributed by atoms with Crippen LogP contribution in [-0.4, -0.2) is 13.2 Å². The number of benzene rings is 1. The number of likely N-dealkylation sites (N-methyl/N-ethyl adjacent to an activating group) is 1. The average Bonchev–Trinajstić information content (AvgIpc) is 2.24. The van der Waals surface area contributed by atoms with E-state index in [-0.39, 0.29) is 0 Å². The third-order valence-corrected chi connectivity index (χ3v) is 3.22. The van der Waals surface area contributed by atoms with Crippen molar-refractivity contribution in [2.75, 3.05) is 13.2 Å². The van der Waals surface area contributed by atoms with Crippen molar-refractivity contribution < 1.29 is 4.74 Å². The van der Waals surface area contributed by atoms with Crippen LogP contribution < -0.4 is 5.32 Å². The molecule has 1 aromatic carbocycles. The smallest absolute Gasteiger partial charge is 0.0721 e. The molecule has 1 atom stereocenters. The minimum atomic E-state index is 0.374. The van der Waals surface area contributed by atoms with E-state index in [0.717, 1.165) is 19.8 Å². The Balaban J connectivity index is 2.43. The number of rotatable bonds is 2. The largest absolute Gasteiger partial charge is 0.375 e. The SMILES string of the molecule is CCNC1COCc2ccc(C)c(C)c21. The number of hydrogen-bond acceptors (Lipinski definition) is 2. The molecule has 2 nitrogen and oxygen atoms in total. The van der Waals surface area contributed by atoms with E-state index in [2.05, 4.69) is 38.2 Å². The summed E-state index contributed by atoms with van der Waals surface area (Å²) in [4.78, 5) is 0. The molecule has 0 saturated heterocycles. The highest BCUT2D eigenvalue weighted by Gasteiger charge is 2.22. The van der Waals surface area contributed by atoms with Gasteiger partial charge in [-0.1, -0.05) is 19.1 Å². The molecule has 0 saturated carbocycles. The highest BCUT2D eigenvalue weighted by Crippen LogP contribution is 2.29. The van der Waals surface area contributed by atoms with Crippen molar-refractivity contribution in [3.8, 4) is 0 Å². The van der Waals surface area contributed by atoms with Gasteiger partial charge in [0.2, 0.25) is 0 Å². The molecule has 1 N–H and O–H groups in total. The summed E-state index contributed by atoms with van der Waals surface area (Å²) in [5.74, 6) is 0. The zero-order valence-electron chi connectivity index (χ0n) is 9.76. The van der Waals surface area contributed by atoms with Gasteiger partial charge < -0.3 is 10.1 Å². The van der Waals surface area contributed by atoms with E-state index in [1.165, 1.54) is 22.3 Å². The summed E-state index contributed by atoms with van der Waals surface area (Å²) in [6.07, 6.45) is 0. The lowest BCUT2D eigenvalue weighted by Crippen LogP contribution is -2.30. The molecule has 2 rings (SSSR count). The summed E-state index contributed by atoms with van der Waals surface area (Å²) in [7, 11) is 0. The second-order valence-electron chi connectivity index (χ2n) is 4.21. The third-order valence-electron chi connectivity index (χ3n) is 3.22. The van der Waals surface area contributed by atoms with Gasteiger partial charge in [0.25, 0.3) is 0 Å². The first-order chi connectivity index (χ1) is 7.24. The topological polar surface area (TPSA) is 21.3 Å². The van der Waals surface area contributed by atoms with Crippen molar-refractivity contribution in [1.82, 2.24) is 5.32 Å². The summed E-state index contributed by atoms with van der Waals surface area (Å²) in [6, 6.07) is 4.76. The zero-order chi connectivity index (χ0) is 10.8. The fourth-order valence-electron chi connectivity index (χ4n) is 2.28. The van der Waals surface area contributed by atoms with Crippen molar-refractivity contribution in [3.05, 3.63) is 34.4 Å². The minimum Gasteiger partial charge on any atom is -0.375 e. The van der Waals surface area contributed by atoms with Crippen molar-refractivity contribution in [3.63, 3.8) is 0 Å². The van der Waals surface area contributed by atoms with Gasteiger partial charge in [-0.15, -0.1) is 0 Å². The number of fused-ring (bicyclic) bond motifs is 1. The standard InChI is InChI=1S/C13H19NO/c1-4-14-12-8-15-7-11-6-5-9(2)10(3)13(11)12/h5-6,12,14H,4,7-8H2,1-3H3. The van der Waals surface area contributed by atoms with E-state index < -0.39 is 0 Å². The van der Waals surface area contributed by atoms with E-state index in [0.29, 0.717) is 6.04 Å². The second kappa shape index (κ2) is 4.33. The lowest BCUT2D eigenvalue weighted by atomic mass is 9.91. The quantitative estimate of drug-likeness (QED) is 0.801. The fraction of sp³-hybridized carbons (Fsp3) is 0.538. The van der Waals surface area contributed by atoms with Crippen LogP contribution in [0.25, 0.3) is 0 Å². The van der Waals surface area contributed by atoms with Crippen LogP contribution in [0.5, 0.6) is 0 Å². The molecule has 0 amide bonds. The van der Waals surface area contributed by atoms with Crippen LogP contribution >= 0.6 is 0 Å². The van der Waals surface area contributed by atoms with Gasteiger partial charge in [-0.3, -0.25) is 0 Å². The van der Waals surface area contributed by atoms with Gasteiger partial charge in [0.1, 0.15) is 0 Å². The second-order valence-corrected chi connectivity index (χ2v) is 4.21. The Hall–Kier alpha value is -0.860. The summed E-state index contributed by atoms with van der Waals surface area (Å²) in [5, 5.41) is 3.48. The lowest BCUT2D eigenvalue weighted by molar-refractivity contribution is 0.0824. The predicted octanol–water partition coefficient (Wildman–Crippen LogP) is 2.48. The molecule has 0 aromatic heterocycles. The molecule has 0 aliphatic carbocycles. The fourth-order valence-corrected chi connectivity index (χ4v) is 2.28. The molecule has 1 aliphatic heterocycles.